The van der Waals surface area contributed by atoms with E-state index < -0.39 is 28.5 Å². The lowest BCUT2D eigenvalue weighted by atomic mass is 10.1. The van der Waals surface area contributed by atoms with Crippen molar-refractivity contribution >= 4 is 50.7 Å². The summed E-state index contributed by atoms with van der Waals surface area (Å²) >= 11 is 12.3. The average Bonchev–Trinajstić information content (AvgIpc) is 2.76. The van der Waals surface area contributed by atoms with Gasteiger partial charge < -0.3 is 10.2 Å². The molecular formula is C23H29Cl2N3O4S. The quantitative estimate of drug-likeness (QED) is 0.522. The summed E-state index contributed by atoms with van der Waals surface area (Å²) < 4.78 is 26.1. The summed E-state index contributed by atoms with van der Waals surface area (Å²) in [6, 6.07) is 11.0. The van der Waals surface area contributed by atoms with Crippen molar-refractivity contribution in [2.24, 2.45) is 0 Å². The van der Waals surface area contributed by atoms with Crippen LogP contribution in [-0.4, -0.2) is 50.5 Å². The molecule has 2 aromatic rings. The number of benzene rings is 2. The molecular weight excluding hydrogens is 485 g/mol. The van der Waals surface area contributed by atoms with Crippen molar-refractivity contribution in [2.45, 2.75) is 39.8 Å². The fourth-order valence-corrected chi connectivity index (χ4v) is 4.57. The molecule has 2 rings (SSSR count). The Kier molecular flexibility index (Phi) is 9.57. The lowest BCUT2D eigenvalue weighted by Crippen LogP contribution is -2.51. The first-order valence-corrected chi connectivity index (χ1v) is 13.2. The van der Waals surface area contributed by atoms with Gasteiger partial charge in [0.1, 0.15) is 12.6 Å². The van der Waals surface area contributed by atoms with E-state index in [1.807, 2.05) is 19.1 Å². The SMILES string of the molecule is CCNC(=O)[C@H](C)N(Cc1ccc(Cl)cc1Cl)C(=O)CN(c1ccc(CC)cc1)S(C)(=O)=O. The molecule has 0 saturated heterocycles. The van der Waals surface area contributed by atoms with Gasteiger partial charge >= 0.3 is 0 Å². The highest BCUT2D eigenvalue weighted by Crippen LogP contribution is 2.24. The predicted octanol–water partition coefficient (Wildman–Crippen LogP) is 3.88. The minimum absolute atomic E-state index is 0.0134. The Morgan fingerprint density at radius 2 is 1.70 bits per heavy atom. The van der Waals surface area contributed by atoms with E-state index in [9.17, 15) is 18.0 Å². The van der Waals surface area contributed by atoms with Gasteiger partial charge in [0.2, 0.25) is 21.8 Å². The lowest BCUT2D eigenvalue weighted by molar-refractivity contribution is -0.139. The van der Waals surface area contributed by atoms with E-state index in [0.717, 1.165) is 22.5 Å². The summed E-state index contributed by atoms with van der Waals surface area (Å²) in [6.45, 7) is 5.31. The van der Waals surface area contributed by atoms with E-state index >= 15 is 0 Å². The number of rotatable bonds is 10. The number of aryl methyl sites for hydroxylation is 1. The van der Waals surface area contributed by atoms with Crippen molar-refractivity contribution < 1.29 is 18.0 Å². The number of nitrogens with one attached hydrogen (secondary N) is 1. The van der Waals surface area contributed by atoms with Crippen molar-refractivity contribution in [1.29, 1.82) is 0 Å². The third kappa shape index (κ3) is 7.35. The third-order valence-corrected chi connectivity index (χ3v) is 6.91. The first-order valence-electron chi connectivity index (χ1n) is 10.6. The molecule has 0 aliphatic heterocycles. The van der Waals surface area contributed by atoms with Crippen LogP contribution in [0.15, 0.2) is 42.5 Å². The second kappa shape index (κ2) is 11.7. The van der Waals surface area contributed by atoms with E-state index in [1.165, 1.54) is 4.90 Å². The second-order valence-corrected chi connectivity index (χ2v) is 10.4. The largest absolute Gasteiger partial charge is 0.355 e. The van der Waals surface area contributed by atoms with Gasteiger partial charge in [0.25, 0.3) is 0 Å². The zero-order chi connectivity index (χ0) is 24.8. The molecule has 0 heterocycles. The number of carbonyl (C=O) groups is 2. The van der Waals surface area contributed by atoms with E-state index in [4.69, 9.17) is 23.2 Å². The van der Waals surface area contributed by atoms with E-state index in [-0.39, 0.29) is 12.5 Å². The van der Waals surface area contributed by atoms with Gasteiger partial charge in [-0.25, -0.2) is 8.42 Å². The van der Waals surface area contributed by atoms with Crippen LogP contribution >= 0.6 is 23.2 Å². The molecule has 0 spiro atoms. The highest BCUT2D eigenvalue weighted by atomic mass is 35.5. The number of likely N-dealkylation sites (N-methyl/N-ethyl adjacent to an activating group) is 1. The summed E-state index contributed by atoms with van der Waals surface area (Å²) in [5.74, 6) is -0.890. The maximum absolute atomic E-state index is 13.4. The molecule has 2 aromatic carbocycles. The molecule has 0 aromatic heterocycles. The Bertz CT molecular complexity index is 1090. The number of hydrogen-bond acceptors (Lipinski definition) is 4. The Morgan fingerprint density at radius 3 is 2.21 bits per heavy atom. The van der Waals surface area contributed by atoms with Crippen LogP contribution in [0.25, 0.3) is 0 Å². The number of anilines is 1. The smallest absolute Gasteiger partial charge is 0.244 e. The zero-order valence-corrected chi connectivity index (χ0v) is 21.5. The molecule has 0 fully saturated rings. The van der Waals surface area contributed by atoms with Gasteiger partial charge in [-0.15, -0.1) is 0 Å². The molecule has 1 N–H and O–H groups in total. The van der Waals surface area contributed by atoms with Crippen molar-refractivity contribution in [2.75, 3.05) is 23.7 Å². The topological polar surface area (TPSA) is 86.8 Å². The van der Waals surface area contributed by atoms with Crippen LogP contribution in [0.4, 0.5) is 5.69 Å². The standard InChI is InChI=1S/C23H29Cl2N3O4S/c1-5-17-7-11-20(12-8-17)28(33(4,31)32)15-22(29)27(16(3)23(30)26-6-2)14-18-9-10-19(24)13-21(18)25/h7-13,16H,5-6,14-15H2,1-4H3,(H,26,30)/t16-/m0/s1. The zero-order valence-electron chi connectivity index (χ0n) is 19.1. The molecule has 0 aliphatic rings. The summed E-state index contributed by atoms with van der Waals surface area (Å²) in [5, 5.41) is 3.49. The average molecular weight is 514 g/mol. The molecule has 0 unspecified atom stereocenters. The summed E-state index contributed by atoms with van der Waals surface area (Å²) in [4.78, 5) is 27.3. The van der Waals surface area contributed by atoms with Crippen molar-refractivity contribution in [1.82, 2.24) is 10.2 Å². The maximum atomic E-state index is 13.4. The predicted molar refractivity (Wildman–Crippen MR) is 133 cm³/mol. The Labute approximate surface area is 205 Å². The molecule has 33 heavy (non-hydrogen) atoms. The minimum atomic E-state index is -3.77. The highest BCUT2D eigenvalue weighted by molar-refractivity contribution is 7.92. The van der Waals surface area contributed by atoms with E-state index in [0.29, 0.717) is 27.8 Å². The molecule has 0 aliphatic carbocycles. The molecule has 10 heteroatoms. The Balaban J connectivity index is 2.40. The molecule has 0 radical (unpaired) electrons. The molecule has 1 atom stereocenters. The number of sulfonamides is 1. The first-order chi connectivity index (χ1) is 15.5. The summed E-state index contributed by atoms with van der Waals surface area (Å²) in [5.41, 5.74) is 2.00. The van der Waals surface area contributed by atoms with Gasteiger partial charge in [-0.05, 0) is 55.7 Å². The van der Waals surface area contributed by atoms with E-state index in [1.54, 1.807) is 44.2 Å². The molecule has 0 bridgehead atoms. The van der Waals surface area contributed by atoms with Gasteiger partial charge in [0, 0.05) is 23.1 Å². The first kappa shape index (κ1) is 27.0. The fourth-order valence-electron chi connectivity index (χ4n) is 3.25. The van der Waals surface area contributed by atoms with Gasteiger partial charge in [-0.1, -0.05) is 48.3 Å². The van der Waals surface area contributed by atoms with Crippen LogP contribution in [0.5, 0.6) is 0 Å². The van der Waals surface area contributed by atoms with Crippen molar-refractivity contribution in [3.8, 4) is 0 Å². The maximum Gasteiger partial charge on any atom is 0.244 e. The number of amides is 2. The Hall–Kier alpha value is -2.29. The second-order valence-electron chi connectivity index (χ2n) is 7.62. The van der Waals surface area contributed by atoms with Gasteiger partial charge in [0.05, 0.1) is 11.9 Å². The third-order valence-electron chi connectivity index (χ3n) is 5.19. The van der Waals surface area contributed by atoms with Crippen LogP contribution in [0.1, 0.15) is 31.9 Å². The summed E-state index contributed by atoms with van der Waals surface area (Å²) in [7, 11) is -3.77. The number of carbonyl (C=O) groups excluding carboxylic acids is 2. The minimum Gasteiger partial charge on any atom is -0.355 e. The summed E-state index contributed by atoms with van der Waals surface area (Å²) in [6.07, 6.45) is 1.85. The number of hydrogen-bond donors (Lipinski definition) is 1. The highest BCUT2D eigenvalue weighted by Gasteiger charge is 2.30. The molecule has 0 saturated carbocycles. The fraction of sp³-hybridized carbons (Fsp3) is 0.391. The van der Waals surface area contributed by atoms with Crippen molar-refractivity contribution in [3.63, 3.8) is 0 Å². The van der Waals surface area contributed by atoms with Crippen molar-refractivity contribution in [3.05, 3.63) is 63.6 Å². The van der Waals surface area contributed by atoms with Gasteiger partial charge in [-0.2, -0.15) is 0 Å². The molecule has 180 valence electrons. The van der Waals surface area contributed by atoms with E-state index in [2.05, 4.69) is 5.32 Å². The monoisotopic (exact) mass is 513 g/mol. The van der Waals surface area contributed by atoms with Gasteiger partial charge in [0.15, 0.2) is 0 Å². The van der Waals surface area contributed by atoms with Crippen LogP contribution in [0, 0.1) is 0 Å². The van der Waals surface area contributed by atoms with Crippen LogP contribution < -0.4 is 9.62 Å². The number of halogens is 2. The molecule has 7 nitrogen and oxygen atoms in total. The van der Waals surface area contributed by atoms with Crippen LogP contribution in [0.2, 0.25) is 10.0 Å². The van der Waals surface area contributed by atoms with Crippen LogP contribution in [-0.2, 0) is 32.6 Å². The number of nitrogens with zero attached hydrogens (tertiary/aromatic N) is 2. The lowest BCUT2D eigenvalue weighted by Gasteiger charge is -2.31. The van der Waals surface area contributed by atoms with Gasteiger partial charge in [-0.3, -0.25) is 13.9 Å². The van der Waals surface area contributed by atoms with Crippen LogP contribution in [0.3, 0.4) is 0 Å². The molecule has 2 amide bonds. The normalized spacial score (nSPS) is 12.2. The Morgan fingerprint density at radius 1 is 1.06 bits per heavy atom.